The Bertz CT molecular complexity index is 1360. The number of oxime groups is 1. The van der Waals surface area contributed by atoms with Crippen molar-refractivity contribution in [2.75, 3.05) is 28.3 Å². The van der Waals surface area contributed by atoms with E-state index in [9.17, 15) is 29.7 Å². The van der Waals surface area contributed by atoms with E-state index in [0.29, 0.717) is 12.8 Å². The summed E-state index contributed by atoms with van der Waals surface area (Å²) in [5.41, 5.74) is -1.49. The SMILES string of the molecule is CO/N=C/C[C@H]1C[C@@H](C)[C@@H](O)/C=C/C[C@@H](C)OC(=O)C[C@@H](OC(C)=O)[C@H](OC)C1O[C@@H]1O[C@H](C)[C@@H](O[C@H]2C[C@@](C)(O)[C@@H](OC(=O)CC(C)C)[C@H](C)O2)[C@H](N(C)C)[C@H]1O. The zero-order valence-electron chi connectivity index (χ0n) is 36.3. The molecule has 3 aliphatic heterocycles. The summed E-state index contributed by atoms with van der Waals surface area (Å²) in [6.07, 6.45) is -5.80. The molecule has 2 fully saturated rings. The second-order valence-electron chi connectivity index (χ2n) is 16.9. The first-order valence-corrected chi connectivity index (χ1v) is 20.4. The number of carbonyl (C=O) groups excluding carboxylic acids is 3. The molecule has 334 valence electrons. The summed E-state index contributed by atoms with van der Waals surface area (Å²) in [6, 6.07) is -0.751. The zero-order valence-corrected chi connectivity index (χ0v) is 36.3. The second kappa shape index (κ2) is 22.7. The number of hydrogen-bond donors (Lipinski definition) is 3. The largest absolute Gasteiger partial charge is 0.462 e. The highest BCUT2D eigenvalue weighted by Crippen LogP contribution is 2.38. The summed E-state index contributed by atoms with van der Waals surface area (Å²) in [7, 11) is 6.35. The molecule has 3 N–H and O–H groups in total. The highest BCUT2D eigenvalue weighted by atomic mass is 16.7. The standard InChI is InChI=1S/C41H70N2O15/c1-22(2)18-31(46)56-39-26(6)53-33(21-41(39,8)49)57-36-25(5)54-40(35(48)34(36)43(9)10)58-37-28(16-17-42-51-12)19-23(3)29(45)15-13-14-24(4)52-32(47)20-30(38(37)50-11)55-27(7)44/h13,15,17,22-26,28-30,33-40,45,48-49H,14,16,18-21H2,1-12H3/b15-13+,42-17+/t23-,24-,25-,26+,28+,29+,30-,33+,34-,35-,36-,37?,38+,39+,40+,41-/m1/s1. The molecule has 16 atom stereocenters. The summed E-state index contributed by atoms with van der Waals surface area (Å²) in [6.45, 7) is 13.7. The lowest BCUT2D eigenvalue weighted by molar-refractivity contribution is -0.344. The average molecular weight is 831 g/mol. The first-order chi connectivity index (χ1) is 27.2. The monoisotopic (exact) mass is 830 g/mol. The molecule has 3 rings (SSSR count). The van der Waals surface area contributed by atoms with Gasteiger partial charge in [0.2, 0.25) is 0 Å². The van der Waals surface area contributed by atoms with Gasteiger partial charge >= 0.3 is 17.9 Å². The lowest BCUT2D eigenvalue weighted by Crippen LogP contribution is -2.66. The van der Waals surface area contributed by atoms with Crippen LogP contribution in [0.4, 0.5) is 0 Å². The molecule has 0 saturated carbocycles. The van der Waals surface area contributed by atoms with E-state index in [2.05, 4.69) is 5.16 Å². The summed E-state index contributed by atoms with van der Waals surface area (Å²) in [5.74, 6) is -2.51. The fourth-order valence-electron chi connectivity index (χ4n) is 8.09. The molecule has 0 aromatic rings. The number of cyclic esters (lactones) is 1. The Labute approximate surface area is 343 Å². The van der Waals surface area contributed by atoms with Crippen molar-refractivity contribution in [2.45, 2.75) is 179 Å². The predicted octanol–water partition coefficient (Wildman–Crippen LogP) is 2.89. The molecule has 3 heterocycles. The highest BCUT2D eigenvalue weighted by Gasteiger charge is 2.53. The fraction of sp³-hybridized carbons (Fsp3) is 0.854. The second-order valence-corrected chi connectivity index (χ2v) is 16.9. The number of hydrogen-bond acceptors (Lipinski definition) is 17. The molecule has 2 saturated heterocycles. The lowest BCUT2D eigenvalue weighted by Gasteiger charge is -2.50. The van der Waals surface area contributed by atoms with Gasteiger partial charge in [-0.05, 0) is 72.4 Å². The smallest absolute Gasteiger partial charge is 0.309 e. The van der Waals surface area contributed by atoms with Gasteiger partial charge < -0.3 is 63.0 Å². The maximum atomic E-state index is 13.2. The molecule has 17 nitrogen and oxygen atoms in total. The van der Waals surface area contributed by atoms with Gasteiger partial charge in [0, 0.05) is 39.5 Å². The number of nitrogens with zero attached hydrogens (tertiary/aromatic N) is 2. The van der Waals surface area contributed by atoms with Crippen molar-refractivity contribution in [1.82, 2.24) is 4.90 Å². The molecule has 58 heavy (non-hydrogen) atoms. The summed E-state index contributed by atoms with van der Waals surface area (Å²) < 4.78 is 48.9. The average Bonchev–Trinajstić information content (AvgIpc) is 3.09. The quantitative estimate of drug-likeness (QED) is 0.0801. The third-order valence-electron chi connectivity index (χ3n) is 10.9. The molecule has 3 aliphatic rings. The molecule has 1 unspecified atom stereocenters. The molecule has 0 spiro atoms. The molecule has 0 radical (unpaired) electrons. The van der Waals surface area contributed by atoms with Gasteiger partial charge in [0.05, 0.1) is 36.9 Å². The summed E-state index contributed by atoms with van der Waals surface area (Å²) in [4.78, 5) is 45.0. The Morgan fingerprint density at radius 2 is 1.72 bits per heavy atom. The molecule has 0 amide bonds. The number of rotatable bonds is 13. The normalized spacial score (nSPS) is 40.2. The zero-order chi connectivity index (χ0) is 43.5. The molecular formula is C41H70N2O15. The van der Waals surface area contributed by atoms with Crippen LogP contribution in [-0.2, 0) is 57.1 Å². The van der Waals surface area contributed by atoms with Crippen LogP contribution in [0.3, 0.4) is 0 Å². The molecule has 0 bridgehead atoms. The van der Waals surface area contributed by atoms with E-state index >= 15 is 0 Å². The number of likely N-dealkylation sites (N-methyl/N-ethyl adjacent to an activating group) is 1. The minimum Gasteiger partial charge on any atom is -0.462 e. The van der Waals surface area contributed by atoms with Crippen LogP contribution in [0.15, 0.2) is 17.3 Å². The number of carbonyl (C=O) groups is 3. The maximum Gasteiger partial charge on any atom is 0.309 e. The van der Waals surface area contributed by atoms with Gasteiger partial charge in [0.25, 0.3) is 0 Å². The maximum absolute atomic E-state index is 13.2. The van der Waals surface area contributed by atoms with E-state index in [0.717, 1.165) is 0 Å². The summed E-state index contributed by atoms with van der Waals surface area (Å²) in [5, 5.41) is 38.7. The topological polar surface area (TPSA) is 211 Å². The Hall–Kier alpha value is -2.74. The molecule has 0 aromatic carbocycles. The predicted molar refractivity (Wildman–Crippen MR) is 210 cm³/mol. The van der Waals surface area contributed by atoms with Gasteiger partial charge in [0.1, 0.15) is 43.2 Å². The number of aliphatic hydroxyl groups excluding tert-OH is 2. The Balaban J connectivity index is 1.99. The molecule has 17 heteroatoms. The van der Waals surface area contributed by atoms with E-state index in [1.54, 1.807) is 65.1 Å². The molecule has 0 aromatic heterocycles. The molecule has 0 aliphatic carbocycles. The Morgan fingerprint density at radius 3 is 2.31 bits per heavy atom. The van der Waals surface area contributed by atoms with Gasteiger partial charge in [-0.2, -0.15) is 0 Å². The summed E-state index contributed by atoms with van der Waals surface area (Å²) >= 11 is 0. The number of ether oxygens (including phenoxy) is 8. The van der Waals surface area contributed by atoms with Gasteiger partial charge in [-0.3, -0.25) is 14.4 Å². The van der Waals surface area contributed by atoms with E-state index in [4.69, 9.17) is 42.7 Å². The first-order valence-electron chi connectivity index (χ1n) is 20.4. The van der Waals surface area contributed by atoms with Crippen LogP contribution in [0.1, 0.15) is 93.9 Å². The van der Waals surface area contributed by atoms with Crippen molar-refractivity contribution in [3.63, 3.8) is 0 Å². The van der Waals surface area contributed by atoms with E-state index in [1.807, 2.05) is 20.8 Å². The van der Waals surface area contributed by atoms with Crippen molar-refractivity contribution in [3.8, 4) is 0 Å². The van der Waals surface area contributed by atoms with Crippen LogP contribution in [0.2, 0.25) is 0 Å². The Morgan fingerprint density at radius 1 is 1.03 bits per heavy atom. The van der Waals surface area contributed by atoms with Crippen molar-refractivity contribution < 1.29 is 72.4 Å². The van der Waals surface area contributed by atoms with E-state index in [1.165, 1.54) is 21.1 Å². The van der Waals surface area contributed by atoms with Crippen LogP contribution in [0.25, 0.3) is 0 Å². The van der Waals surface area contributed by atoms with Gasteiger partial charge in [-0.15, -0.1) is 0 Å². The van der Waals surface area contributed by atoms with E-state index < -0.39 is 109 Å². The van der Waals surface area contributed by atoms with Crippen molar-refractivity contribution in [3.05, 3.63) is 12.2 Å². The van der Waals surface area contributed by atoms with Crippen molar-refractivity contribution in [2.24, 2.45) is 22.9 Å². The third kappa shape index (κ3) is 14.2. The van der Waals surface area contributed by atoms with Crippen LogP contribution in [-0.4, -0.2) is 158 Å². The Kier molecular flexibility index (Phi) is 19.5. The van der Waals surface area contributed by atoms with Crippen LogP contribution in [0.5, 0.6) is 0 Å². The minimum atomic E-state index is -1.49. The van der Waals surface area contributed by atoms with Crippen LogP contribution < -0.4 is 0 Å². The van der Waals surface area contributed by atoms with Crippen molar-refractivity contribution in [1.29, 1.82) is 0 Å². The van der Waals surface area contributed by atoms with Gasteiger partial charge in [-0.1, -0.05) is 38.1 Å². The number of aliphatic hydroxyl groups is 3. The van der Waals surface area contributed by atoms with Crippen LogP contribution in [0, 0.1) is 17.8 Å². The van der Waals surface area contributed by atoms with E-state index in [-0.39, 0.29) is 37.5 Å². The molecular weight excluding hydrogens is 760 g/mol. The first kappa shape index (κ1) is 49.6. The fourth-order valence-corrected chi connectivity index (χ4v) is 8.09. The third-order valence-corrected chi connectivity index (χ3v) is 10.9. The van der Waals surface area contributed by atoms with Crippen molar-refractivity contribution >= 4 is 24.1 Å². The van der Waals surface area contributed by atoms with Gasteiger partial charge in [0.15, 0.2) is 18.7 Å². The lowest BCUT2D eigenvalue weighted by atomic mass is 9.82. The number of methoxy groups -OCH3 is 1. The number of esters is 3. The highest BCUT2D eigenvalue weighted by molar-refractivity contribution is 5.72. The van der Waals surface area contributed by atoms with Crippen LogP contribution >= 0.6 is 0 Å². The van der Waals surface area contributed by atoms with Gasteiger partial charge in [-0.25, -0.2) is 0 Å². The minimum absolute atomic E-state index is 0.0311.